The molecule has 0 radical (unpaired) electrons. The Kier molecular flexibility index (Phi) is 1.29. The maximum Gasteiger partial charge on any atom is 0.0179 e. The Morgan fingerprint density at radius 2 is 2.12 bits per heavy atom. The van der Waals surface area contributed by atoms with Crippen LogP contribution in [0.4, 0.5) is 0 Å². The first kappa shape index (κ1) is 6.05. The quantitative estimate of drug-likeness (QED) is 0.507. The van der Waals surface area contributed by atoms with Crippen LogP contribution in [0.5, 0.6) is 0 Å². The van der Waals surface area contributed by atoms with Crippen molar-refractivity contribution >= 4 is 0 Å². The first-order valence-corrected chi connectivity index (χ1v) is 3.11. The molecule has 3 N–H and O–H groups in total. The second-order valence-corrected chi connectivity index (χ2v) is 2.98. The summed E-state index contributed by atoms with van der Waals surface area (Å²) < 4.78 is 0. The molecule has 0 aromatic rings. The summed E-state index contributed by atoms with van der Waals surface area (Å²) in [5.41, 5.74) is 5.95. The molecule has 1 fully saturated rings. The van der Waals surface area contributed by atoms with E-state index in [1.807, 2.05) is 7.05 Å². The van der Waals surface area contributed by atoms with Crippen LogP contribution in [0, 0.1) is 0 Å². The minimum atomic E-state index is 0.361. The highest BCUT2D eigenvalue weighted by Crippen LogP contribution is 2.29. The van der Waals surface area contributed by atoms with Gasteiger partial charge in [0.1, 0.15) is 0 Å². The molecule has 1 rings (SSSR count). The average molecular weight is 114 g/mol. The molecule has 0 saturated heterocycles. The second kappa shape index (κ2) is 1.71. The van der Waals surface area contributed by atoms with Crippen molar-refractivity contribution in [3.63, 3.8) is 0 Å². The number of rotatable bonds is 1. The maximum absolute atomic E-state index is 5.59. The first-order valence-electron chi connectivity index (χ1n) is 3.11. The zero-order chi connectivity index (χ0) is 6.20. The van der Waals surface area contributed by atoms with E-state index in [9.17, 15) is 0 Å². The lowest BCUT2D eigenvalue weighted by Gasteiger charge is -2.43. The normalized spacial score (nSPS) is 46.1. The molecule has 2 heteroatoms. The third-order valence-electron chi connectivity index (χ3n) is 2.03. The van der Waals surface area contributed by atoms with E-state index in [1.165, 1.54) is 0 Å². The highest BCUT2D eigenvalue weighted by Gasteiger charge is 2.36. The van der Waals surface area contributed by atoms with E-state index in [0.717, 1.165) is 12.8 Å². The van der Waals surface area contributed by atoms with Crippen molar-refractivity contribution in [2.24, 2.45) is 5.73 Å². The molecule has 48 valence electrons. The molecule has 1 aliphatic rings. The van der Waals surface area contributed by atoms with Crippen LogP contribution in [-0.2, 0) is 0 Å². The van der Waals surface area contributed by atoms with Gasteiger partial charge >= 0.3 is 0 Å². The molecule has 0 aliphatic heterocycles. The fourth-order valence-corrected chi connectivity index (χ4v) is 1.30. The topological polar surface area (TPSA) is 38.0 Å². The van der Waals surface area contributed by atoms with E-state index in [1.54, 1.807) is 0 Å². The van der Waals surface area contributed by atoms with Crippen molar-refractivity contribution in [1.29, 1.82) is 0 Å². The van der Waals surface area contributed by atoms with Crippen molar-refractivity contribution in [2.75, 3.05) is 7.05 Å². The van der Waals surface area contributed by atoms with E-state index in [2.05, 4.69) is 12.2 Å². The molecule has 1 saturated carbocycles. The van der Waals surface area contributed by atoms with Crippen LogP contribution in [0.1, 0.15) is 19.8 Å². The molecular weight excluding hydrogens is 100 g/mol. The van der Waals surface area contributed by atoms with Gasteiger partial charge in [-0.2, -0.15) is 0 Å². The van der Waals surface area contributed by atoms with Crippen molar-refractivity contribution in [2.45, 2.75) is 31.3 Å². The Hall–Kier alpha value is -0.0800. The Labute approximate surface area is 50.4 Å². The summed E-state index contributed by atoms with van der Waals surface area (Å²) in [5.74, 6) is 0. The zero-order valence-corrected chi connectivity index (χ0v) is 5.57. The van der Waals surface area contributed by atoms with Crippen LogP contribution in [0.25, 0.3) is 0 Å². The molecule has 2 nitrogen and oxygen atoms in total. The molecule has 8 heavy (non-hydrogen) atoms. The molecule has 0 heterocycles. The summed E-state index contributed by atoms with van der Waals surface area (Å²) in [7, 11) is 1.99. The van der Waals surface area contributed by atoms with Crippen LogP contribution >= 0.6 is 0 Å². The van der Waals surface area contributed by atoms with Gasteiger partial charge in [-0.05, 0) is 26.8 Å². The molecule has 0 unspecified atom stereocenters. The lowest BCUT2D eigenvalue weighted by Crippen LogP contribution is -2.56. The molecule has 0 aromatic heterocycles. The van der Waals surface area contributed by atoms with Gasteiger partial charge in [-0.1, -0.05) is 0 Å². The molecule has 0 bridgehead atoms. The zero-order valence-electron chi connectivity index (χ0n) is 5.57. The largest absolute Gasteiger partial charge is 0.328 e. The van der Waals surface area contributed by atoms with E-state index < -0.39 is 0 Å². The predicted octanol–water partition coefficient (Wildman–Crippen LogP) is 0.0856. The summed E-state index contributed by atoms with van der Waals surface area (Å²) in [4.78, 5) is 0. The van der Waals surface area contributed by atoms with Crippen molar-refractivity contribution in [3.8, 4) is 0 Å². The minimum absolute atomic E-state index is 0.361. The van der Waals surface area contributed by atoms with Crippen LogP contribution in [0.2, 0.25) is 0 Å². The van der Waals surface area contributed by atoms with Crippen molar-refractivity contribution in [3.05, 3.63) is 0 Å². The SMILES string of the molecule is CNC1(C)CC(N)C1. The monoisotopic (exact) mass is 114 g/mol. The van der Waals surface area contributed by atoms with Gasteiger partial charge in [-0.3, -0.25) is 0 Å². The lowest BCUT2D eigenvalue weighted by molar-refractivity contribution is 0.189. The molecule has 0 atom stereocenters. The summed E-state index contributed by atoms with van der Waals surface area (Å²) in [6, 6.07) is 0.451. The fourth-order valence-electron chi connectivity index (χ4n) is 1.30. The van der Waals surface area contributed by atoms with Crippen LogP contribution in [0.15, 0.2) is 0 Å². The predicted molar refractivity (Wildman–Crippen MR) is 34.7 cm³/mol. The Morgan fingerprint density at radius 1 is 1.62 bits per heavy atom. The highest BCUT2D eigenvalue weighted by atomic mass is 15.0. The maximum atomic E-state index is 5.59. The molecule has 0 aromatic carbocycles. The number of nitrogens with two attached hydrogens (primary N) is 1. The third kappa shape index (κ3) is 0.858. The Bertz CT molecular complexity index is 84.5. The van der Waals surface area contributed by atoms with Gasteiger partial charge in [-0.15, -0.1) is 0 Å². The van der Waals surface area contributed by atoms with Gasteiger partial charge in [0.05, 0.1) is 0 Å². The van der Waals surface area contributed by atoms with Crippen molar-refractivity contribution in [1.82, 2.24) is 5.32 Å². The summed E-state index contributed by atoms with van der Waals surface area (Å²) in [6.07, 6.45) is 2.26. The summed E-state index contributed by atoms with van der Waals surface area (Å²) in [5, 5.41) is 3.23. The lowest BCUT2D eigenvalue weighted by atomic mass is 9.75. The first-order chi connectivity index (χ1) is 3.66. The van der Waals surface area contributed by atoms with Crippen LogP contribution in [-0.4, -0.2) is 18.6 Å². The highest BCUT2D eigenvalue weighted by molar-refractivity contribution is 4.98. The van der Waals surface area contributed by atoms with Crippen LogP contribution < -0.4 is 11.1 Å². The van der Waals surface area contributed by atoms with E-state index >= 15 is 0 Å². The van der Waals surface area contributed by atoms with E-state index in [-0.39, 0.29) is 0 Å². The van der Waals surface area contributed by atoms with Gasteiger partial charge in [-0.25, -0.2) is 0 Å². The van der Waals surface area contributed by atoms with Gasteiger partial charge in [0, 0.05) is 11.6 Å². The van der Waals surface area contributed by atoms with E-state index in [4.69, 9.17) is 5.73 Å². The van der Waals surface area contributed by atoms with Gasteiger partial charge in [0.2, 0.25) is 0 Å². The molecular formula is C6H14N2. The van der Waals surface area contributed by atoms with Gasteiger partial charge < -0.3 is 11.1 Å². The number of hydrogen-bond acceptors (Lipinski definition) is 2. The average Bonchev–Trinajstić information content (AvgIpc) is 1.63. The molecule has 0 amide bonds. The number of hydrogen-bond donors (Lipinski definition) is 2. The Balaban J connectivity index is 2.30. The molecule has 1 aliphatic carbocycles. The third-order valence-corrected chi connectivity index (χ3v) is 2.03. The summed E-state index contributed by atoms with van der Waals surface area (Å²) >= 11 is 0. The van der Waals surface area contributed by atoms with Crippen LogP contribution in [0.3, 0.4) is 0 Å². The summed E-state index contributed by atoms with van der Waals surface area (Å²) in [6.45, 7) is 2.20. The van der Waals surface area contributed by atoms with E-state index in [0.29, 0.717) is 11.6 Å². The molecule has 0 spiro atoms. The van der Waals surface area contributed by atoms with Gasteiger partial charge in [0.25, 0.3) is 0 Å². The number of nitrogens with one attached hydrogen (secondary N) is 1. The second-order valence-electron chi connectivity index (χ2n) is 2.98. The van der Waals surface area contributed by atoms with Gasteiger partial charge in [0.15, 0.2) is 0 Å². The standard InChI is InChI=1S/C6H14N2/c1-6(8-2)3-5(7)4-6/h5,8H,3-4,7H2,1-2H3. The smallest absolute Gasteiger partial charge is 0.0179 e. The fraction of sp³-hybridized carbons (Fsp3) is 1.00. The van der Waals surface area contributed by atoms with Crippen molar-refractivity contribution < 1.29 is 0 Å². The Morgan fingerprint density at radius 3 is 2.25 bits per heavy atom. The minimum Gasteiger partial charge on any atom is -0.328 e.